The summed E-state index contributed by atoms with van der Waals surface area (Å²) in [7, 11) is 1.61. The number of nitrogens with one attached hydrogen (secondary N) is 1. The fraction of sp³-hybridized carbons (Fsp3) is 0.381. The Labute approximate surface area is 148 Å². The zero-order valence-electron chi connectivity index (χ0n) is 14.7. The first-order valence-electron chi connectivity index (χ1n) is 8.77. The quantitative estimate of drug-likeness (QED) is 0.812. The summed E-state index contributed by atoms with van der Waals surface area (Å²) in [4.78, 5) is 12.8. The number of aliphatic hydroxyl groups excluding tert-OH is 1. The summed E-state index contributed by atoms with van der Waals surface area (Å²) in [5.74, 6) is 1.01. The lowest BCUT2D eigenvalue weighted by molar-refractivity contribution is -0.124. The van der Waals surface area contributed by atoms with Crippen LogP contribution >= 0.6 is 0 Å². The molecule has 2 N–H and O–H groups in total. The molecule has 2 aromatic carbocycles. The van der Waals surface area contributed by atoms with Crippen molar-refractivity contribution in [2.75, 3.05) is 7.11 Å². The predicted molar refractivity (Wildman–Crippen MR) is 97.5 cm³/mol. The van der Waals surface area contributed by atoms with Crippen LogP contribution in [-0.4, -0.2) is 24.2 Å². The maximum Gasteiger partial charge on any atom is 0.228 e. The molecule has 1 fully saturated rings. The number of hydrogen-bond donors (Lipinski definition) is 2. The summed E-state index contributed by atoms with van der Waals surface area (Å²) in [5.41, 5.74) is 1.81. The highest BCUT2D eigenvalue weighted by Crippen LogP contribution is 2.42. The van der Waals surface area contributed by atoms with E-state index in [-0.39, 0.29) is 17.9 Å². The number of ether oxygens (including phenoxy) is 1. The standard InChI is InChI=1S/C21H25NO3/c1-14(20(23)17-10-12-18(25-2)13-11-17)22-21(24)19(16-8-9-16)15-6-4-3-5-7-15/h3-7,10-14,16,19-20,23H,8-9H2,1-2H3,(H,22,24). The van der Waals surface area contributed by atoms with E-state index in [2.05, 4.69) is 5.32 Å². The number of carbonyl (C=O) groups is 1. The lowest BCUT2D eigenvalue weighted by Gasteiger charge is -2.24. The summed E-state index contributed by atoms with van der Waals surface area (Å²) in [5, 5.41) is 13.6. The first kappa shape index (κ1) is 17.5. The molecule has 2 aromatic rings. The molecule has 0 aliphatic heterocycles. The number of carbonyl (C=O) groups excluding carboxylic acids is 1. The molecule has 132 valence electrons. The number of amides is 1. The highest BCUT2D eigenvalue weighted by atomic mass is 16.5. The van der Waals surface area contributed by atoms with E-state index in [0.717, 1.165) is 29.7 Å². The van der Waals surface area contributed by atoms with Crippen LogP contribution in [0.2, 0.25) is 0 Å². The Bertz CT molecular complexity index is 695. The van der Waals surface area contributed by atoms with Crippen LogP contribution in [0, 0.1) is 5.92 Å². The van der Waals surface area contributed by atoms with Gasteiger partial charge in [-0.1, -0.05) is 42.5 Å². The minimum atomic E-state index is -0.759. The topological polar surface area (TPSA) is 58.6 Å². The van der Waals surface area contributed by atoms with Crippen molar-refractivity contribution >= 4 is 5.91 Å². The molecular formula is C21H25NO3. The fourth-order valence-electron chi connectivity index (χ4n) is 3.21. The van der Waals surface area contributed by atoms with Gasteiger partial charge in [0.15, 0.2) is 0 Å². The molecule has 1 saturated carbocycles. The minimum Gasteiger partial charge on any atom is -0.497 e. The van der Waals surface area contributed by atoms with E-state index in [1.54, 1.807) is 7.11 Å². The molecule has 3 rings (SSSR count). The van der Waals surface area contributed by atoms with Crippen molar-refractivity contribution in [3.63, 3.8) is 0 Å². The maximum atomic E-state index is 12.8. The largest absolute Gasteiger partial charge is 0.497 e. The van der Waals surface area contributed by atoms with Gasteiger partial charge in [0.05, 0.1) is 25.2 Å². The Hall–Kier alpha value is -2.33. The van der Waals surface area contributed by atoms with Crippen LogP contribution in [0.1, 0.15) is 42.9 Å². The molecule has 25 heavy (non-hydrogen) atoms. The number of hydrogen-bond acceptors (Lipinski definition) is 3. The summed E-state index contributed by atoms with van der Waals surface area (Å²) in [6.45, 7) is 1.84. The van der Waals surface area contributed by atoms with Gasteiger partial charge in [-0.05, 0) is 48.9 Å². The third kappa shape index (κ3) is 4.20. The molecule has 1 aliphatic carbocycles. The summed E-state index contributed by atoms with van der Waals surface area (Å²) in [6, 6.07) is 16.8. The van der Waals surface area contributed by atoms with Crippen molar-refractivity contribution in [3.05, 3.63) is 65.7 Å². The second-order valence-electron chi connectivity index (χ2n) is 6.74. The van der Waals surface area contributed by atoms with E-state index in [4.69, 9.17) is 4.74 Å². The molecule has 1 aliphatic rings. The molecule has 0 heterocycles. The SMILES string of the molecule is COc1ccc(C(O)C(C)NC(=O)C(c2ccccc2)C2CC2)cc1. The smallest absolute Gasteiger partial charge is 0.228 e. The van der Waals surface area contributed by atoms with E-state index in [9.17, 15) is 9.90 Å². The van der Waals surface area contributed by atoms with Crippen molar-refractivity contribution < 1.29 is 14.6 Å². The first-order chi connectivity index (χ1) is 12.1. The van der Waals surface area contributed by atoms with Crippen LogP contribution in [0.3, 0.4) is 0 Å². The van der Waals surface area contributed by atoms with Gasteiger partial charge in [-0.25, -0.2) is 0 Å². The van der Waals surface area contributed by atoms with Gasteiger partial charge in [-0.3, -0.25) is 4.79 Å². The van der Waals surface area contributed by atoms with Crippen molar-refractivity contribution in [1.29, 1.82) is 0 Å². The lowest BCUT2D eigenvalue weighted by Crippen LogP contribution is -2.40. The van der Waals surface area contributed by atoms with E-state index in [1.165, 1.54) is 0 Å². The van der Waals surface area contributed by atoms with Gasteiger partial charge in [-0.2, -0.15) is 0 Å². The van der Waals surface area contributed by atoms with Crippen LogP contribution in [0.25, 0.3) is 0 Å². The van der Waals surface area contributed by atoms with Crippen molar-refractivity contribution in [3.8, 4) is 5.75 Å². The second-order valence-corrected chi connectivity index (χ2v) is 6.74. The zero-order valence-corrected chi connectivity index (χ0v) is 14.7. The van der Waals surface area contributed by atoms with Gasteiger partial charge in [0.2, 0.25) is 5.91 Å². The third-order valence-corrected chi connectivity index (χ3v) is 4.84. The van der Waals surface area contributed by atoms with Gasteiger partial charge in [0, 0.05) is 0 Å². The third-order valence-electron chi connectivity index (χ3n) is 4.84. The molecule has 0 aromatic heterocycles. The van der Waals surface area contributed by atoms with Crippen LogP contribution in [0.15, 0.2) is 54.6 Å². The van der Waals surface area contributed by atoms with E-state index < -0.39 is 6.10 Å². The summed E-state index contributed by atoms with van der Waals surface area (Å²) >= 11 is 0. The molecule has 4 heteroatoms. The first-order valence-corrected chi connectivity index (χ1v) is 8.77. The highest BCUT2D eigenvalue weighted by molar-refractivity contribution is 5.84. The normalized spacial score (nSPS) is 17.4. The molecule has 0 spiro atoms. The van der Waals surface area contributed by atoms with E-state index in [1.807, 2.05) is 61.5 Å². The molecule has 0 saturated heterocycles. The Kier molecular flexibility index (Phi) is 5.39. The Balaban J connectivity index is 1.68. The predicted octanol–water partition coefficient (Wildman–Crippen LogP) is 3.43. The zero-order chi connectivity index (χ0) is 17.8. The number of methoxy groups -OCH3 is 1. The molecule has 3 unspecified atom stereocenters. The molecule has 3 atom stereocenters. The molecule has 0 bridgehead atoms. The van der Waals surface area contributed by atoms with Gasteiger partial charge in [-0.15, -0.1) is 0 Å². The molecule has 4 nitrogen and oxygen atoms in total. The number of rotatable bonds is 7. The van der Waals surface area contributed by atoms with Crippen molar-refractivity contribution in [1.82, 2.24) is 5.32 Å². The number of aliphatic hydroxyl groups is 1. The average molecular weight is 339 g/mol. The monoisotopic (exact) mass is 339 g/mol. The Morgan fingerprint density at radius 1 is 1.08 bits per heavy atom. The van der Waals surface area contributed by atoms with Crippen LogP contribution in [0.5, 0.6) is 5.75 Å². The average Bonchev–Trinajstić information content (AvgIpc) is 3.47. The molecular weight excluding hydrogens is 314 g/mol. The Morgan fingerprint density at radius 2 is 1.72 bits per heavy atom. The van der Waals surface area contributed by atoms with Gasteiger partial charge < -0.3 is 15.2 Å². The molecule has 0 radical (unpaired) electrons. The number of benzene rings is 2. The maximum absolute atomic E-state index is 12.8. The summed E-state index contributed by atoms with van der Waals surface area (Å²) < 4.78 is 5.14. The van der Waals surface area contributed by atoms with E-state index in [0.29, 0.717) is 5.92 Å². The van der Waals surface area contributed by atoms with Gasteiger partial charge in [0.1, 0.15) is 5.75 Å². The van der Waals surface area contributed by atoms with Gasteiger partial charge in [0.25, 0.3) is 0 Å². The summed E-state index contributed by atoms with van der Waals surface area (Å²) in [6.07, 6.45) is 1.41. The fourth-order valence-corrected chi connectivity index (χ4v) is 3.21. The lowest BCUT2D eigenvalue weighted by atomic mass is 9.92. The van der Waals surface area contributed by atoms with Crippen LogP contribution < -0.4 is 10.1 Å². The van der Waals surface area contributed by atoms with Crippen molar-refractivity contribution in [2.45, 2.75) is 37.8 Å². The van der Waals surface area contributed by atoms with Crippen LogP contribution in [-0.2, 0) is 4.79 Å². The van der Waals surface area contributed by atoms with Gasteiger partial charge >= 0.3 is 0 Å². The minimum absolute atomic E-state index is 0.00578. The highest BCUT2D eigenvalue weighted by Gasteiger charge is 2.38. The Morgan fingerprint density at radius 3 is 2.28 bits per heavy atom. The second kappa shape index (κ2) is 7.70. The van der Waals surface area contributed by atoms with Crippen molar-refractivity contribution in [2.24, 2.45) is 5.92 Å². The molecule has 1 amide bonds. The van der Waals surface area contributed by atoms with Crippen LogP contribution in [0.4, 0.5) is 0 Å². The van der Waals surface area contributed by atoms with E-state index >= 15 is 0 Å².